The highest BCUT2D eigenvalue weighted by Gasteiger charge is 2.13. The number of para-hydroxylation sites is 1. The van der Waals surface area contributed by atoms with Crippen LogP contribution in [-0.2, 0) is 6.54 Å². The quantitative estimate of drug-likeness (QED) is 0.528. The molecule has 0 atom stereocenters. The normalized spacial score (nSPS) is 10.8. The molecule has 0 fully saturated rings. The molecule has 4 aromatic rings. The first-order chi connectivity index (χ1) is 12.7. The number of phenols is 1. The zero-order chi connectivity index (χ0) is 17.9. The van der Waals surface area contributed by atoms with E-state index in [2.05, 4.69) is 41.2 Å². The van der Waals surface area contributed by atoms with Gasteiger partial charge in [0.1, 0.15) is 17.4 Å². The summed E-state index contributed by atoms with van der Waals surface area (Å²) < 4.78 is 0.842. The van der Waals surface area contributed by atoms with E-state index in [-0.39, 0.29) is 5.75 Å². The number of halogens is 1. The van der Waals surface area contributed by atoms with E-state index in [0.717, 1.165) is 15.4 Å². The van der Waals surface area contributed by atoms with Crippen molar-refractivity contribution < 1.29 is 5.11 Å². The minimum atomic E-state index is 0.126. The van der Waals surface area contributed by atoms with E-state index in [1.165, 1.54) is 0 Å². The number of nitrogens with zero attached hydrogens (tertiary/aromatic N) is 4. The van der Waals surface area contributed by atoms with E-state index >= 15 is 0 Å². The third kappa shape index (κ3) is 3.34. The van der Waals surface area contributed by atoms with Gasteiger partial charge < -0.3 is 10.4 Å². The number of hydrogen-bond acceptors (Lipinski definition) is 6. The molecule has 2 aromatic carbocycles. The van der Waals surface area contributed by atoms with Crippen molar-refractivity contribution in [2.45, 2.75) is 6.54 Å². The lowest BCUT2D eigenvalue weighted by molar-refractivity contribution is 0.477. The fourth-order valence-electron chi connectivity index (χ4n) is 2.60. The zero-order valence-electron chi connectivity index (χ0n) is 13.6. The summed E-state index contributed by atoms with van der Waals surface area (Å²) in [5.74, 6) is 1.90. The topological polar surface area (TPSA) is 83.8 Å². The van der Waals surface area contributed by atoms with Gasteiger partial charge in [-0.15, -0.1) is 0 Å². The number of rotatable bonds is 4. The second-order valence-electron chi connectivity index (χ2n) is 5.59. The minimum absolute atomic E-state index is 0.126. The molecule has 0 aliphatic heterocycles. The molecule has 2 aromatic heterocycles. The lowest BCUT2D eigenvalue weighted by Crippen LogP contribution is -2.06. The number of benzene rings is 2. The van der Waals surface area contributed by atoms with Gasteiger partial charge in [0.15, 0.2) is 5.82 Å². The van der Waals surface area contributed by atoms with Crippen LogP contribution in [0.15, 0.2) is 65.4 Å². The summed E-state index contributed by atoms with van der Waals surface area (Å²) in [6.07, 6.45) is 3.40. The third-order valence-electron chi connectivity index (χ3n) is 3.84. The summed E-state index contributed by atoms with van der Waals surface area (Å²) >= 11 is 3.42. The molecular weight excluding hydrogens is 394 g/mol. The number of aromatic nitrogens is 4. The Morgan fingerprint density at radius 1 is 0.962 bits per heavy atom. The van der Waals surface area contributed by atoms with Crippen LogP contribution in [0.1, 0.15) is 5.82 Å². The lowest BCUT2D eigenvalue weighted by Gasteiger charge is -2.11. The zero-order valence-corrected chi connectivity index (χ0v) is 15.2. The van der Waals surface area contributed by atoms with E-state index in [0.29, 0.717) is 29.6 Å². The van der Waals surface area contributed by atoms with E-state index in [9.17, 15) is 5.11 Å². The Bertz CT molecular complexity index is 1070. The fraction of sp³-hybridized carbons (Fsp3) is 0.0526. The van der Waals surface area contributed by atoms with Crippen molar-refractivity contribution in [1.29, 1.82) is 0 Å². The molecule has 0 saturated heterocycles. The largest absolute Gasteiger partial charge is 0.507 e. The van der Waals surface area contributed by atoms with Crippen LogP contribution < -0.4 is 5.32 Å². The van der Waals surface area contributed by atoms with Crippen molar-refractivity contribution in [3.05, 3.63) is 71.2 Å². The van der Waals surface area contributed by atoms with Gasteiger partial charge in [-0.2, -0.15) is 0 Å². The first kappa shape index (κ1) is 16.4. The van der Waals surface area contributed by atoms with Crippen molar-refractivity contribution >= 4 is 32.7 Å². The first-order valence-electron chi connectivity index (χ1n) is 7.96. The van der Waals surface area contributed by atoms with Gasteiger partial charge >= 0.3 is 0 Å². The summed E-state index contributed by atoms with van der Waals surface area (Å²) in [6, 6.07) is 14.7. The van der Waals surface area contributed by atoms with E-state index < -0.39 is 0 Å². The summed E-state index contributed by atoms with van der Waals surface area (Å²) in [4.78, 5) is 17.7. The smallest absolute Gasteiger partial charge is 0.165 e. The summed E-state index contributed by atoms with van der Waals surface area (Å²) in [5, 5.41) is 14.4. The van der Waals surface area contributed by atoms with Crippen LogP contribution in [-0.4, -0.2) is 25.0 Å². The number of hydrogen-bond donors (Lipinski definition) is 2. The Hall–Kier alpha value is -3.06. The van der Waals surface area contributed by atoms with Crippen LogP contribution in [0.5, 0.6) is 5.75 Å². The highest BCUT2D eigenvalue weighted by molar-refractivity contribution is 9.10. The molecule has 0 spiro atoms. The van der Waals surface area contributed by atoms with Gasteiger partial charge in [0.05, 0.1) is 17.6 Å². The Labute approximate surface area is 158 Å². The van der Waals surface area contributed by atoms with Gasteiger partial charge in [0.2, 0.25) is 0 Å². The molecule has 6 nitrogen and oxygen atoms in total. The van der Waals surface area contributed by atoms with Gasteiger partial charge in [-0.3, -0.25) is 0 Å². The SMILES string of the molecule is Oc1ccc(Br)cc1-c1nc(NCc2ncccn2)c2ccccc2n1. The molecule has 2 N–H and O–H groups in total. The van der Waals surface area contributed by atoms with Crippen LogP contribution in [0.2, 0.25) is 0 Å². The highest BCUT2D eigenvalue weighted by atomic mass is 79.9. The molecule has 0 amide bonds. The molecule has 0 radical (unpaired) electrons. The van der Waals surface area contributed by atoms with Crippen molar-refractivity contribution in [2.24, 2.45) is 0 Å². The molecule has 0 unspecified atom stereocenters. The van der Waals surface area contributed by atoms with Crippen LogP contribution >= 0.6 is 15.9 Å². The monoisotopic (exact) mass is 407 g/mol. The number of aromatic hydroxyl groups is 1. The average Bonchev–Trinajstić information content (AvgIpc) is 2.68. The van der Waals surface area contributed by atoms with Crippen LogP contribution in [0.4, 0.5) is 5.82 Å². The summed E-state index contributed by atoms with van der Waals surface area (Å²) in [7, 11) is 0. The molecule has 26 heavy (non-hydrogen) atoms. The maximum Gasteiger partial charge on any atom is 0.165 e. The molecule has 4 rings (SSSR count). The van der Waals surface area contributed by atoms with Gasteiger partial charge in [0, 0.05) is 22.3 Å². The third-order valence-corrected chi connectivity index (χ3v) is 4.33. The van der Waals surface area contributed by atoms with E-state index in [1.807, 2.05) is 24.3 Å². The van der Waals surface area contributed by atoms with Gasteiger partial charge in [-0.25, -0.2) is 19.9 Å². The Morgan fingerprint density at radius 2 is 1.77 bits per heavy atom. The number of phenolic OH excluding ortho intramolecular Hbond substituents is 1. The molecule has 0 aliphatic rings. The second-order valence-corrected chi connectivity index (χ2v) is 6.51. The van der Waals surface area contributed by atoms with E-state index in [1.54, 1.807) is 36.7 Å². The maximum absolute atomic E-state index is 10.2. The predicted octanol–water partition coefficient (Wildman–Crippen LogP) is 4.17. The molecule has 0 bridgehead atoms. The number of nitrogens with one attached hydrogen (secondary N) is 1. The number of anilines is 1. The Morgan fingerprint density at radius 3 is 2.62 bits per heavy atom. The predicted molar refractivity (Wildman–Crippen MR) is 104 cm³/mol. The Balaban J connectivity index is 1.79. The van der Waals surface area contributed by atoms with Crippen molar-refractivity contribution in [3.8, 4) is 17.1 Å². The van der Waals surface area contributed by atoms with Gasteiger partial charge in [0.25, 0.3) is 0 Å². The molecule has 128 valence electrons. The van der Waals surface area contributed by atoms with Gasteiger partial charge in [-0.05, 0) is 36.4 Å². The molecule has 2 heterocycles. The molecule has 7 heteroatoms. The average molecular weight is 408 g/mol. The molecule has 0 saturated carbocycles. The van der Waals surface area contributed by atoms with Crippen molar-refractivity contribution in [3.63, 3.8) is 0 Å². The minimum Gasteiger partial charge on any atom is -0.507 e. The molecule has 0 aliphatic carbocycles. The van der Waals surface area contributed by atoms with Crippen molar-refractivity contribution in [1.82, 2.24) is 19.9 Å². The van der Waals surface area contributed by atoms with Crippen molar-refractivity contribution in [2.75, 3.05) is 5.32 Å². The fourth-order valence-corrected chi connectivity index (χ4v) is 2.96. The van der Waals surface area contributed by atoms with Gasteiger partial charge in [-0.1, -0.05) is 28.1 Å². The maximum atomic E-state index is 10.2. The first-order valence-corrected chi connectivity index (χ1v) is 8.75. The summed E-state index contributed by atoms with van der Waals surface area (Å²) in [6.45, 7) is 0.436. The second kappa shape index (κ2) is 7.05. The molecular formula is C19H14BrN5O. The highest BCUT2D eigenvalue weighted by Crippen LogP contribution is 2.32. The van der Waals surface area contributed by atoms with E-state index in [4.69, 9.17) is 0 Å². The van der Waals surface area contributed by atoms with Crippen LogP contribution in [0.3, 0.4) is 0 Å². The Kier molecular flexibility index (Phi) is 4.45. The number of fused-ring (bicyclic) bond motifs is 1. The van der Waals surface area contributed by atoms with Crippen LogP contribution in [0.25, 0.3) is 22.3 Å². The standard InChI is InChI=1S/C19H14BrN5O/c20-12-6-7-16(26)14(10-12)19-24-15-5-2-1-4-13(15)18(25-19)23-11-17-21-8-3-9-22-17/h1-10,26H,11H2,(H,23,24,25). The lowest BCUT2D eigenvalue weighted by atomic mass is 10.1. The summed E-state index contributed by atoms with van der Waals surface area (Å²) in [5.41, 5.74) is 1.34. The van der Waals surface area contributed by atoms with Crippen LogP contribution in [0, 0.1) is 0 Å².